The number of rotatable bonds is 2. The summed E-state index contributed by atoms with van der Waals surface area (Å²) in [6.07, 6.45) is 5.48. The number of nitrogens with zero attached hydrogens (tertiary/aromatic N) is 3. The lowest BCUT2D eigenvalue weighted by Crippen LogP contribution is -2.01. The van der Waals surface area contributed by atoms with E-state index < -0.39 is 0 Å². The third-order valence-electron chi connectivity index (χ3n) is 1.83. The fourth-order valence-electron chi connectivity index (χ4n) is 1.10. The monoisotopic (exact) mass is 300 g/mol. The van der Waals surface area contributed by atoms with Gasteiger partial charge in [0.05, 0.1) is 9.77 Å². The van der Waals surface area contributed by atoms with Gasteiger partial charge in [0.2, 0.25) is 0 Å². The molecule has 0 bridgehead atoms. The Labute approximate surface area is 95.3 Å². The molecule has 0 radical (unpaired) electrons. The summed E-state index contributed by atoms with van der Waals surface area (Å²) < 4.78 is 2.83. The highest BCUT2D eigenvalue weighted by Gasteiger charge is 1.99. The van der Waals surface area contributed by atoms with Crippen molar-refractivity contribution < 1.29 is 0 Å². The zero-order valence-electron chi connectivity index (χ0n) is 7.39. The fourth-order valence-corrected chi connectivity index (χ4v) is 1.49. The van der Waals surface area contributed by atoms with E-state index in [1.54, 1.807) is 17.1 Å². The van der Waals surface area contributed by atoms with Gasteiger partial charge in [0.15, 0.2) is 5.82 Å². The third kappa shape index (κ3) is 1.93. The number of hydrogen-bond donors (Lipinski definition) is 1. The molecule has 2 heterocycles. The highest BCUT2D eigenvalue weighted by molar-refractivity contribution is 14.1. The van der Waals surface area contributed by atoms with E-state index in [1.807, 2.05) is 18.3 Å². The number of pyridine rings is 1. The maximum absolute atomic E-state index is 5.48. The van der Waals surface area contributed by atoms with Crippen LogP contribution in [0.5, 0.6) is 0 Å². The molecule has 4 nitrogen and oxygen atoms in total. The number of halogens is 1. The zero-order valence-corrected chi connectivity index (χ0v) is 9.55. The molecule has 0 atom stereocenters. The predicted octanol–water partition coefficient (Wildman–Crippen LogP) is 1.33. The summed E-state index contributed by atoms with van der Waals surface area (Å²) in [5.41, 5.74) is 6.50. The van der Waals surface area contributed by atoms with Crippen LogP contribution in [0.2, 0.25) is 0 Å². The number of aromatic nitrogens is 3. The largest absolute Gasteiger partial charge is 0.326 e. The van der Waals surface area contributed by atoms with Crippen LogP contribution in [-0.2, 0) is 6.54 Å². The van der Waals surface area contributed by atoms with E-state index in [0.717, 1.165) is 15.0 Å². The molecule has 0 aliphatic carbocycles. The molecule has 0 saturated carbocycles. The van der Waals surface area contributed by atoms with E-state index in [2.05, 4.69) is 32.7 Å². The topological polar surface area (TPSA) is 56.7 Å². The molecular formula is C9H9IN4. The lowest BCUT2D eigenvalue weighted by atomic mass is 10.3. The van der Waals surface area contributed by atoms with Crippen LogP contribution in [-0.4, -0.2) is 14.8 Å². The molecule has 2 rings (SSSR count). The van der Waals surface area contributed by atoms with Gasteiger partial charge in [-0.15, -0.1) is 0 Å². The van der Waals surface area contributed by atoms with Crippen molar-refractivity contribution in [3.63, 3.8) is 0 Å². The molecule has 2 aromatic heterocycles. The summed E-state index contributed by atoms with van der Waals surface area (Å²) in [6, 6.07) is 3.86. The van der Waals surface area contributed by atoms with Crippen LogP contribution in [0, 0.1) is 3.57 Å². The van der Waals surface area contributed by atoms with Crippen LogP contribution in [0.1, 0.15) is 5.56 Å². The van der Waals surface area contributed by atoms with Gasteiger partial charge in [0, 0.05) is 18.9 Å². The Morgan fingerprint density at radius 3 is 2.71 bits per heavy atom. The summed E-state index contributed by atoms with van der Waals surface area (Å²) in [5.74, 6) is 0.810. The van der Waals surface area contributed by atoms with E-state index >= 15 is 0 Å². The standard InChI is InChI=1S/C9H9IN4/c10-8-5-13-14(6-8)9-2-1-7(3-11)4-12-9/h1-2,4-6H,3,11H2. The molecule has 14 heavy (non-hydrogen) atoms. The highest BCUT2D eigenvalue weighted by atomic mass is 127. The van der Waals surface area contributed by atoms with Crippen molar-refractivity contribution in [3.8, 4) is 5.82 Å². The molecule has 0 fully saturated rings. The Kier molecular flexibility index (Phi) is 2.78. The van der Waals surface area contributed by atoms with Gasteiger partial charge < -0.3 is 5.73 Å². The van der Waals surface area contributed by atoms with E-state index in [1.165, 1.54) is 0 Å². The van der Waals surface area contributed by atoms with Crippen LogP contribution in [0.15, 0.2) is 30.7 Å². The van der Waals surface area contributed by atoms with E-state index in [-0.39, 0.29) is 0 Å². The molecule has 5 heteroatoms. The maximum atomic E-state index is 5.48. The van der Waals surface area contributed by atoms with Gasteiger partial charge in [0.25, 0.3) is 0 Å². The Balaban J connectivity index is 2.33. The lowest BCUT2D eigenvalue weighted by Gasteiger charge is -2.00. The molecule has 0 spiro atoms. The van der Waals surface area contributed by atoms with E-state index in [0.29, 0.717) is 6.54 Å². The third-order valence-corrected chi connectivity index (χ3v) is 2.39. The molecule has 0 aliphatic rings. The molecule has 0 aromatic carbocycles. The van der Waals surface area contributed by atoms with Crippen LogP contribution >= 0.6 is 22.6 Å². The Morgan fingerprint density at radius 1 is 1.36 bits per heavy atom. The molecule has 0 aliphatic heterocycles. The van der Waals surface area contributed by atoms with Gasteiger partial charge >= 0.3 is 0 Å². The second-order valence-corrected chi connectivity index (χ2v) is 4.08. The average molecular weight is 300 g/mol. The van der Waals surface area contributed by atoms with Gasteiger partial charge in [-0.25, -0.2) is 9.67 Å². The predicted molar refractivity (Wildman–Crippen MR) is 62.0 cm³/mol. The summed E-state index contributed by atoms with van der Waals surface area (Å²) in [5, 5.41) is 4.16. The number of hydrogen-bond acceptors (Lipinski definition) is 3. The maximum Gasteiger partial charge on any atom is 0.153 e. The molecule has 2 N–H and O–H groups in total. The first-order valence-electron chi connectivity index (χ1n) is 4.15. The van der Waals surface area contributed by atoms with E-state index in [9.17, 15) is 0 Å². The van der Waals surface area contributed by atoms with Crippen molar-refractivity contribution >= 4 is 22.6 Å². The summed E-state index contributed by atoms with van der Waals surface area (Å²) in [7, 11) is 0. The lowest BCUT2D eigenvalue weighted by molar-refractivity contribution is 0.842. The minimum atomic E-state index is 0.518. The molecule has 2 aromatic rings. The molecule has 0 unspecified atom stereocenters. The van der Waals surface area contributed by atoms with Crippen LogP contribution in [0.3, 0.4) is 0 Å². The smallest absolute Gasteiger partial charge is 0.153 e. The van der Waals surface area contributed by atoms with Crippen LogP contribution < -0.4 is 5.73 Å². The fraction of sp³-hybridized carbons (Fsp3) is 0.111. The first kappa shape index (κ1) is 9.60. The first-order chi connectivity index (χ1) is 6.79. The molecule has 0 amide bonds. The number of nitrogens with two attached hydrogens (primary N) is 1. The highest BCUT2D eigenvalue weighted by Crippen LogP contribution is 2.07. The van der Waals surface area contributed by atoms with Gasteiger partial charge in [-0.3, -0.25) is 0 Å². The van der Waals surface area contributed by atoms with Gasteiger partial charge in [-0.1, -0.05) is 6.07 Å². The Hall–Kier alpha value is -0.950. The molecule has 72 valence electrons. The van der Waals surface area contributed by atoms with Crippen molar-refractivity contribution in [2.75, 3.05) is 0 Å². The van der Waals surface area contributed by atoms with Crippen molar-refractivity contribution in [2.45, 2.75) is 6.54 Å². The Morgan fingerprint density at radius 2 is 2.21 bits per heavy atom. The van der Waals surface area contributed by atoms with Crippen molar-refractivity contribution in [1.82, 2.24) is 14.8 Å². The molecular weight excluding hydrogens is 291 g/mol. The van der Waals surface area contributed by atoms with Gasteiger partial charge in [0.1, 0.15) is 0 Å². The molecule has 0 saturated heterocycles. The van der Waals surface area contributed by atoms with Gasteiger partial charge in [-0.05, 0) is 34.2 Å². The summed E-state index contributed by atoms with van der Waals surface area (Å²) >= 11 is 2.21. The minimum Gasteiger partial charge on any atom is -0.326 e. The normalized spacial score (nSPS) is 10.4. The quantitative estimate of drug-likeness (QED) is 0.851. The van der Waals surface area contributed by atoms with E-state index in [4.69, 9.17) is 5.73 Å². The zero-order chi connectivity index (χ0) is 9.97. The van der Waals surface area contributed by atoms with Crippen molar-refractivity contribution in [1.29, 1.82) is 0 Å². The van der Waals surface area contributed by atoms with Crippen LogP contribution in [0.25, 0.3) is 5.82 Å². The SMILES string of the molecule is NCc1ccc(-n2cc(I)cn2)nc1. The van der Waals surface area contributed by atoms with Crippen molar-refractivity contribution in [3.05, 3.63) is 39.9 Å². The second kappa shape index (κ2) is 4.05. The summed E-state index contributed by atoms with van der Waals surface area (Å²) in [6.45, 7) is 0.518. The second-order valence-electron chi connectivity index (χ2n) is 2.83. The van der Waals surface area contributed by atoms with Crippen molar-refractivity contribution in [2.24, 2.45) is 5.73 Å². The average Bonchev–Trinajstić information content (AvgIpc) is 2.65. The van der Waals surface area contributed by atoms with Crippen LogP contribution in [0.4, 0.5) is 0 Å². The first-order valence-corrected chi connectivity index (χ1v) is 5.23. The van der Waals surface area contributed by atoms with Gasteiger partial charge in [-0.2, -0.15) is 5.10 Å². The Bertz CT molecular complexity index is 421. The summed E-state index contributed by atoms with van der Waals surface area (Å²) in [4.78, 5) is 4.25. The minimum absolute atomic E-state index is 0.518.